The van der Waals surface area contributed by atoms with Gasteiger partial charge in [0.1, 0.15) is 11.5 Å². The maximum Gasteiger partial charge on any atom is 0.225 e. The molecule has 0 spiro atoms. The van der Waals surface area contributed by atoms with Crippen LogP contribution in [0.5, 0.6) is 11.5 Å². The standard InChI is InChI=1S/C22H28N4O2/c1-27-20-6-5-7-21(28-2)17(20)14-26-15-8-9-19(26)16-13-23-22(24-18(16)12-15)25-10-3-4-11-25/h5-7,13,15,19H,3-4,8-12,14H2,1-2H3. The Morgan fingerprint density at radius 1 is 1.07 bits per heavy atom. The van der Waals surface area contributed by atoms with Crippen LogP contribution in [-0.2, 0) is 13.0 Å². The second kappa shape index (κ2) is 7.24. The molecule has 0 aliphatic carbocycles. The first kappa shape index (κ1) is 17.7. The van der Waals surface area contributed by atoms with Gasteiger partial charge in [0, 0.05) is 49.9 Å². The van der Waals surface area contributed by atoms with Gasteiger partial charge in [-0.25, -0.2) is 9.97 Å². The van der Waals surface area contributed by atoms with Gasteiger partial charge in [0.15, 0.2) is 0 Å². The summed E-state index contributed by atoms with van der Waals surface area (Å²) in [5.74, 6) is 2.71. The first-order valence-electron chi connectivity index (χ1n) is 10.3. The Morgan fingerprint density at radius 3 is 2.54 bits per heavy atom. The summed E-state index contributed by atoms with van der Waals surface area (Å²) in [6.45, 7) is 3.01. The zero-order chi connectivity index (χ0) is 19.1. The smallest absolute Gasteiger partial charge is 0.225 e. The number of rotatable bonds is 5. The normalized spacial score (nSPS) is 23.7. The van der Waals surface area contributed by atoms with Crippen molar-refractivity contribution in [3.63, 3.8) is 0 Å². The number of ether oxygens (including phenoxy) is 2. The summed E-state index contributed by atoms with van der Waals surface area (Å²) in [4.78, 5) is 14.6. The zero-order valence-electron chi connectivity index (χ0n) is 16.7. The Morgan fingerprint density at radius 2 is 1.82 bits per heavy atom. The molecule has 148 valence electrons. The van der Waals surface area contributed by atoms with Crippen LogP contribution in [0.4, 0.5) is 5.95 Å². The first-order valence-corrected chi connectivity index (χ1v) is 10.3. The van der Waals surface area contributed by atoms with E-state index in [1.54, 1.807) is 14.2 Å². The summed E-state index contributed by atoms with van der Waals surface area (Å²) >= 11 is 0. The van der Waals surface area contributed by atoms with E-state index in [9.17, 15) is 0 Å². The third-order valence-electron chi connectivity index (χ3n) is 6.58. The molecule has 1 aromatic heterocycles. The monoisotopic (exact) mass is 380 g/mol. The van der Waals surface area contributed by atoms with Crippen molar-refractivity contribution >= 4 is 5.95 Å². The van der Waals surface area contributed by atoms with Crippen molar-refractivity contribution in [1.82, 2.24) is 14.9 Å². The highest BCUT2D eigenvalue weighted by atomic mass is 16.5. The second-order valence-electron chi connectivity index (χ2n) is 8.03. The highest BCUT2D eigenvalue weighted by molar-refractivity contribution is 5.45. The summed E-state index contributed by atoms with van der Waals surface area (Å²) in [6.07, 6.45) is 7.97. The van der Waals surface area contributed by atoms with Crippen LogP contribution < -0.4 is 14.4 Å². The van der Waals surface area contributed by atoms with Crippen molar-refractivity contribution in [1.29, 1.82) is 0 Å². The van der Waals surface area contributed by atoms with Crippen LogP contribution in [0, 0.1) is 0 Å². The fourth-order valence-electron chi connectivity index (χ4n) is 5.15. The molecule has 2 aromatic rings. The van der Waals surface area contributed by atoms with E-state index in [1.165, 1.54) is 36.9 Å². The molecular formula is C22H28N4O2. The van der Waals surface area contributed by atoms with Crippen LogP contribution >= 0.6 is 0 Å². The van der Waals surface area contributed by atoms with Gasteiger partial charge < -0.3 is 14.4 Å². The molecule has 0 saturated carbocycles. The summed E-state index contributed by atoms with van der Waals surface area (Å²) in [6, 6.07) is 6.92. The van der Waals surface area contributed by atoms with Gasteiger partial charge >= 0.3 is 0 Å². The summed E-state index contributed by atoms with van der Waals surface area (Å²) in [5.41, 5.74) is 3.70. The number of fused-ring (bicyclic) bond motifs is 4. The van der Waals surface area contributed by atoms with E-state index in [0.29, 0.717) is 12.1 Å². The van der Waals surface area contributed by atoms with Crippen LogP contribution in [-0.4, -0.2) is 48.2 Å². The number of hydrogen-bond acceptors (Lipinski definition) is 6. The lowest BCUT2D eigenvalue weighted by atomic mass is 9.98. The number of nitrogens with zero attached hydrogens (tertiary/aromatic N) is 4. The molecule has 2 unspecified atom stereocenters. The lowest BCUT2D eigenvalue weighted by Gasteiger charge is -2.36. The predicted octanol–water partition coefficient (Wildman–Crippen LogP) is 3.36. The maximum absolute atomic E-state index is 5.63. The molecule has 28 heavy (non-hydrogen) atoms. The topological polar surface area (TPSA) is 50.7 Å². The van der Waals surface area contributed by atoms with Crippen LogP contribution in [0.1, 0.15) is 48.5 Å². The molecule has 0 radical (unpaired) electrons. The number of anilines is 1. The molecule has 2 saturated heterocycles. The maximum atomic E-state index is 5.63. The molecule has 1 aromatic carbocycles. The lowest BCUT2D eigenvalue weighted by Crippen LogP contribution is -2.38. The molecule has 5 rings (SSSR count). The zero-order valence-corrected chi connectivity index (χ0v) is 16.7. The second-order valence-corrected chi connectivity index (χ2v) is 8.03. The highest BCUT2D eigenvalue weighted by Crippen LogP contribution is 2.45. The number of hydrogen-bond donors (Lipinski definition) is 0. The van der Waals surface area contributed by atoms with Crippen molar-refractivity contribution in [3.05, 3.63) is 41.2 Å². The number of benzene rings is 1. The average Bonchev–Trinajstić information content (AvgIpc) is 3.35. The molecule has 0 N–H and O–H groups in total. The van der Waals surface area contributed by atoms with Gasteiger partial charge in [-0.3, -0.25) is 4.90 Å². The molecule has 6 heteroatoms. The van der Waals surface area contributed by atoms with Gasteiger partial charge in [-0.1, -0.05) is 6.07 Å². The van der Waals surface area contributed by atoms with E-state index in [1.807, 2.05) is 18.2 Å². The molecule has 4 heterocycles. The average molecular weight is 380 g/mol. The van der Waals surface area contributed by atoms with E-state index in [2.05, 4.69) is 16.0 Å². The first-order chi connectivity index (χ1) is 13.8. The number of aromatic nitrogens is 2. The SMILES string of the molecule is COc1cccc(OC)c1CN1C2CCC1c1cnc(N3CCCC3)nc1C2. The van der Waals surface area contributed by atoms with Gasteiger partial charge in [0.25, 0.3) is 0 Å². The van der Waals surface area contributed by atoms with E-state index in [-0.39, 0.29) is 0 Å². The third-order valence-corrected chi connectivity index (χ3v) is 6.58. The molecule has 2 bridgehead atoms. The van der Waals surface area contributed by atoms with Gasteiger partial charge in [0.05, 0.1) is 25.5 Å². The quantitative estimate of drug-likeness (QED) is 0.793. The van der Waals surface area contributed by atoms with E-state index in [0.717, 1.165) is 49.1 Å². The largest absolute Gasteiger partial charge is 0.496 e. The Balaban J connectivity index is 1.44. The highest BCUT2D eigenvalue weighted by Gasteiger charge is 2.41. The molecule has 2 atom stereocenters. The fourth-order valence-corrected chi connectivity index (χ4v) is 5.15. The van der Waals surface area contributed by atoms with Crippen LogP contribution in [0.15, 0.2) is 24.4 Å². The molecular weight excluding hydrogens is 352 g/mol. The van der Waals surface area contributed by atoms with Gasteiger partial charge in [-0.15, -0.1) is 0 Å². The number of methoxy groups -OCH3 is 2. The fraction of sp³-hybridized carbons (Fsp3) is 0.545. The van der Waals surface area contributed by atoms with E-state index < -0.39 is 0 Å². The van der Waals surface area contributed by atoms with Crippen LogP contribution in [0.2, 0.25) is 0 Å². The molecule has 6 nitrogen and oxygen atoms in total. The molecule has 2 fully saturated rings. The van der Waals surface area contributed by atoms with Crippen molar-refractivity contribution in [2.45, 2.75) is 50.7 Å². The predicted molar refractivity (Wildman–Crippen MR) is 108 cm³/mol. The Hall–Kier alpha value is -2.34. The summed E-state index contributed by atoms with van der Waals surface area (Å²) < 4.78 is 11.3. The van der Waals surface area contributed by atoms with Crippen LogP contribution in [0.25, 0.3) is 0 Å². The lowest BCUT2D eigenvalue weighted by molar-refractivity contribution is 0.162. The Bertz CT molecular complexity index is 843. The van der Waals surface area contributed by atoms with Crippen molar-refractivity contribution in [2.24, 2.45) is 0 Å². The van der Waals surface area contributed by atoms with Crippen molar-refractivity contribution in [2.75, 3.05) is 32.2 Å². The van der Waals surface area contributed by atoms with Crippen molar-refractivity contribution < 1.29 is 9.47 Å². The van der Waals surface area contributed by atoms with Crippen molar-refractivity contribution in [3.8, 4) is 11.5 Å². The minimum absolute atomic E-state index is 0.385. The summed E-state index contributed by atoms with van der Waals surface area (Å²) in [7, 11) is 3.46. The van der Waals surface area contributed by atoms with Crippen LogP contribution in [0.3, 0.4) is 0 Å². The molecule has 0 amide bonds. The van der Waals surface area contributed by atoms with E-state index >= 15 is 0 Å². The van der Waals surface area contributed by atoms with Gasteiger partial charge in [-0.05, 0) is 37.8 Å². The third kappa shape index (κ3) is 2.91. The Labute approximate surface area is 166 Å². The van der Waals surface area contributed by atoms with Gasteiger partial charge in [-0.2, -0.15) is 0 Å². The minimum Gasteiger partial charge on any atom is -0.496 e. The minimum atomic E-state index is 0.385. The molecule has 3 aliphatic rings. The Kier molecular flexibility index (Phi) is 4.59. The van der Waals surface area contributed by atoms with E-state index in [4.69, 9.17) is 19.4 Å². The van der Waals surface area contributed by atoms with Gasteiger partial charge in [0.2, 0.25) is 5.95 Å². The molecule has 3 aliphatic heterocycles. The summed E-state index contributed by atoms with van der Waals surface area (Å²) in [5, 5.41) is 0.